The molecule has 2 amide bonds. The third kappa shape index (κ3) is 7.82. The summed E-state index contributed by atoms with van der Waals surface area (Å²) in [7, 11) is 0. The van der Waals surface area contributed by atoms with E-state index in [1.165, 1.54) is 41.0 Å². The second-order valence-corrected chi connectivity index (χ2v) is 12.2. The summed E-state index contributed by atoms with van der Waals surface area (Å²) < 4.78 is 5.54. The fraction of sp³-hybridized carbons (Fsp3) is 0.371. The largest absolute Gasteiger partial charge is 0.379 e. The van der Waals surface area contributed by atoms with E-state index in [1.807, 2.05) is 10.3 Å². The number of aromatic nitrogens is 1. The topological polar surface area (TPSA) is 60.9 Å². The summed E-state index contributed by atoms with van der Waals surface area (Å²) in [5.41, 5.74) is 5.76. The van der Waals surface area contributed by atoms with Gasteiger partial charge in [0.15, 0.2) is 5.13 Å². The molecule has 2 saturated heterocycles. The molecular formula is C35H41N5O2S. The van der Waals surface area contributed by atoms with Crippen molar-refractivity contribution in [2.75, 3.05) is 69.2 Å². The molecule has 0 bridgehead atoms. The lowest BCUT2D eigenvalue weighted by Crippen LogP contribution is -2.44. The van der Waals surface area contributed by atoms with Gasteiger partial charge in [0.2, 0.25) is 0 Å². The molecule has 0 radical (unpaired) electrons. The second-order valence-electron chi connectivity index (χ2n) is 11.3. The number of hydrogen-bond acceptors (Lipinski definition) is 6. The van der Waals surface area contributed by atoms with Gasteiger partial charge in [-0.15, -0.1) is 11.3 Å². The van der Waals surface area contributed by atoms with E-state index in [-0.39, 0.29) is 11.9 Å². The van der Waals surface area contributed by atoms with E-state index in [0.29, 0.717) is 18.2 Å². The SMILES string of the molecule is O=C(Nc1nc(-c2ccc(N3CCCC3)cc2)cs1)N(CCC(c1ccccc1)c1ccccc1)CCN1CCOCC1. The highest BCUT2D eigenvalue weighted by atomic mass is 32.1. The molecule has 0 spiro atoms. The van der Waals surface area contributed by atoms with Crippen LogP contribution in [0.2, 0.25) is 0 Å². The highest BCUT2D eigenvalue weighted by Crippen LogP contribution is 2.30. The minimum absolute atomic E-state index is 0.0987. The van der Waals surface area contributed by atoms with Crippen LogP contribution in [0.4, 0.5) is 15.6 Å². The van der Waals surface area contributed by atoms with Gasteiger partial charge in [-0.05, 0) is 42.5 Å². The Morgan fingerprint density at radius 1 is 0.860 bits per heavy atom. The van der Waals surface area contributed by atoms with E-state index in [9.17, 15) is 4.79 Å². The van der Waals surface area contributed by atoms with Crippen molar-refractivity contribution in [1.29, 1.82) is 0 Å². The number of morpholine rings is 1. The van der Waals surface area contributed by atoms with Crippen LogP contribution in [0, 0.1) is 0 Å². The first-order valence-electron chi connectivity index (χ1n) is 15.5. The first-order valence-corrected chi connectivity index (χ1v) is 16.4. The molecule has 2 aliphatic rings. The molecule has 43 heavy (non-hydrogen) atoms. The van der Waals surface area contributed by atoms with E-state index >= 15 is 0 Å². The molecule has 1 aromatic heterocycles. The van der Waals surface area contributed by atoms with E-state index in [2.05, 4.69) is 100 Å². The first kappa shape index (κ1) is 29.4. The lowest BCUT2D eigenvalue weighted by Gasteiger charge is -2.31. The number of nitrogens with zero attached hydrogens (tertiary/aromatic N) is 4. The zero-order valence-corrected chi connectivity index (χ0v) is 25.6. The molecule has 2 aliphatic heterocycles. The average Bonchev–Trinajstić information content (AvgIpc) is 3.77. The Hall–Kier alpha value is -3.72. The van der Waals surface area contributed by atoms with Gasteiger partial charge < -0.3 is 14.5 Å². The van der Waals surface area contributed by atoms with Gasteiger partial charge in [-0.1, -0.05) is 72.8 Å². The highest BCUT2D eigenvalue weighted by molar-refractivity contribution is 7.14. The van der Waals surface area contributed by atoms with Crippen LogP contribution in [-0.2, 0) is 4.74 Å². The number of nitrogens with one attached hydrogen (secondary N) is 1. The van der Waals surface area contributed by atoms with Crippen LogP contribution in [0.15, 0.2) is 90.3 Å². The predicted octanol–water partition coefficient (Wildman–Crippen LogP) is 6.80. The van der Waals surface area contributed by atoms with Crippen molar-refractivity contribution in [3.8, 4) is 11.3 Å². The lowest BCUT2D eigenvalue weighted by molar-refractivity contribution is 0.0351. The van der Waals surface area contributed by atoms with Crippen molar-refractivity contribution in [3.05, 3.63) is 101 Å². The minimum atomic E-state index is -0.0987. The molecular weight excluding hydrogens is 554 g/mol. The molecule has 2 fully saturated rings. The smallest absolute Gasteiger partial charge is 0.323 e. The van der Waals surface area contributed by atoms with E-state index < -0.39 is 0 Å². The molecule has 0 atom stereocenters. The fourth-order valence-electron chi connectivity index (χ4n) is 6.04. The number of thiazole rings is 1. The number of urea groups is 1. The number of benzene rings is 3. The summed E-state index contributed by atoms with van der Waals surface area (Å²) in [6.45, 7) is 7.67. The van der Waals surface area contributed by atoms with Crippen LogP contribution in [0.1, 0.15) is 36.3 Å². The van der Waals surface area contributed by atoms with Gasteiger partial charge in [0.1, 0.15) is 0 Å². The third-order valence-electron chi connectivity index (χ3n) is 8.52. The van der Waals surface area contributed by atoms with Crippen LogP contribution < -0.4 is 10.2 Å². The van der Waals surface area contributed by atoms with Crippen LogP contribution in [0.5, 0.6) is 0 Å². The van der Waals surface area contributed by atoms with Gasteiger partial charge in [-0.3, -0.25) is 10.2 Å². The number of hydrogen-bond donors (Lipinski definition) is 1. The zero-order chi connectivity index (χ0) is 29.3. The summed E-state index contributed by atoms with van der Waals surface area (Å²) >= 11 is 1.48. The molecule has 7 nitrogen and oxygen atoms in total. The maximum atomic E-state index is 13.7. The summed E-state index contributed by atoms with van der Waals surface area (Å²) in [6.07, 6.45) is 3.36. The Morgan fingerprint density at radius 3 is 2.16 bits per heavy atom. The number of amides is 2. The summed E-state index contributed by atoms with van der Waals surface area (Å²) in [5.74, 6) is 0.205. The number of ether oxygens (including phenoxy) is 1. The normalized spacial score (nSPS) is 15.6. The molecule has 6 rings (SSSR count). The second kappa shape index (κ2) is 14.6. The maximum Gasteiger partial charge on any atom is 0.323 e. The maximum absolute atomic E-state index is 13.7. The molecule has 3 heterocycles. The Balaban J connectivity index is 1.14. The summed E-state index contributed by atoms with van der Waals surface area (Å²) in [5, 5.41) is 5.78. The van der Waals surface area contributed by atoms with E-state index in [4.69, 9.17) is 9.72 Å². The lowest BCUT2D eigenvalue weighted by atomic mass is 9.88. The monoisotopic (exact) mass is 595 g/mol. The Bertz CT molecular complexity index is 1380. The van der Waals surface area contributed by atoms with Crippen molar-refractivity contribution >= 4 is 28.2 Å². The van der Waals surface area contributed by atoms with Crippen molar-refractivity contribution < 1.29 is 9.53 Å². The Labute approximate surface area is 259 Å². The van der Waals surface area contributed by atoms with Gasteiger partial charge in [0.25, 0.3) is 0 Å². The van der Waals surface area contributed by atoms with Gasteiger partial charge in [-0.25, -0.2) is 9.78 Å². The molecule has 8 heteroatoms. The number of carbonyl (C=O) groups is 1. The van der Waals surface area contributed by atoms with Gasteiger partial charge in [-0.2, -0.15) is 0 Å². The van der Waals surface area contributed by atoms with Crippen molar-refractivity contribution in [2.24, 2.45) is 0 Å². The highest BCUT2D eigenvalue weighted by Gasteiger charge is 2.22. The third-order valence-corrected chi connectivity index (χ3v) is 9.28. The average molecular weight is 596 g/mol. The van der Waals surface area contributed by atoms with Gasteiger partial charge >= 0.3 is 6.03 Å². The van der Waals surface area contributed by atoms with E-state index in [1.54, 1.807) is 0 Å². The van der Waals surface area contributed by atoms with E-state index in [0.717, 1.165) is 63.6 Å². The fourth-order valence-corrected chi connectivity index (χ4v) is 6.75. The van der Waals surface area contributed by atoms with Crippen molar-refractivity contribution in [3.63, 3.8) is 0 Å². The molecule has 4 aromatic rings. The number of carbonyl (C=O) groups excluding carboxylic acids is 1. The van der Waals surface area contributed by atoms with Crippen LogP contribution in [0.25, 0.3) is 11.3 Å². The Morgan fingerprint density at radius 2 is 1.51 bits per heavy atom. The molecule has 0 saturated carbocycles. The van der Waals surface area contributed by atoms with Gasteiger partial charge in [0.05, 0.1) is 18.9 Å². The van der Waals surface area contributed by atoms with Crippen LogP contribution in [-0.4, -0.2) is 79.8 Å². The summed E-state index contributed by atoms with van der Waals surface area (Å²) in [6, 6.07) is 29.7. The molecule has 0 aliphatic carbocycles. The minimum Gasteiger partial charge on any atom is -0.379 e. The van der Waals surface area contributed by atoms with Gasteiger partial charge in [0, 0.05) is 68.4 Å². The predicted molar refractivity (Wildman–Crippen MR) is 176 cm³/mol. The zero-order valence-electron chi connectivity index (χ0n) is 24.7. The molecule has 0 unspecified atom stereocenters. The number of rotatable bonds is 11. The molecule has 1 N–H and O–H groups in total. The molecule has 224 valence electrons. The Kier molecular flexibility index (Phi) is 10.00. The number of anilines is 2. The van der Waals surface area contributed by atoms with Crippen molar-refractivity contribution in [2.45, 2.75) is 25.2 Å². The van der Waals surface area contributed by atoms with Crippen LogP contribution in [0.3, 0.4) is 0 Å². The summed E-state index contributed by atoms with van der Waals surface area (Å²) in [4.78, 5) is 25.3. The standard InChI is InChI=1S/C35H41N5O2S/c41-35(37-34-36-33(27-43-34)30-13-15-31(16-14-30)39-18-7-8-19-39)40(22-21-38-23-25-42-26-24-38)20-17-32(28-9-3-1-4-10-28)29-11-5-2-6-12-29/h1-6,9-16,27,32H,7-8,17-26H2,(H,36,37,41). The molecule has 3 aromatic carbocycles. The first-order chi connectivity index (χ1) is 21.2. The van der Waals surface area contributed by atoms with Crippen molar-refractivity contribution in [1.82, 2.24) is 14.8 Å². The quantitative estimate of drug-likeness (QED) is 0.207. The van der Waals surface area contributed by atoms with Crippen LogP contribution >= 0.6 is 11.3 Å².